The molecular formula is C27H27ClFNO3S. The van der Waals surface area contributed by atoms with E-state index in [1.54, 1.807) is 36.9 Å². The second kappa shape index (κ2) is 10.9. The fourth-order valence-corrected chi connectivity index (χ4v) is 5.45. The van der Waals surface area contributed by atoms with Gasteiger partial charge < -0.3 is 4.74 Å². The van der Waals surface area contributed by atoms with Crippen molar-refractivity contribution in [2.45, 2.75) is 38.5 Å². The van der Waals surface area contributed by atoms with Crippen LogP contribution in [0.4, 0.5) is 4.39 Å². The van der Waals surface area contributed by atoms with Gasteiger partial charge in [0.15, 0.2) is 5.78 Å². The van der Waals surface area contributed by atoms with Crippen molar-refractivity contribution in [1.29, 1.82) is 0 Å². The van der Waals surface area contributed by atoms with Gasteiger partial charge in [0.2, 0.25) is 0 Å². The lowest BCUT2D eigenvalue weighted by Crippen LogP contribution is -2.38. The standard InChI is InChI=1S/C27H27ClFNO3S/c1-3-34-13-12-33-27(32)24-16(2)30-22-14-18(17-8-10-19(28)11-9-17)15-23(31)26(22)25(24)20-6-4-5-7-21(20)29/h4-11,18,24-25H,3,12-15H2,1-2H3/t18-,24?,25-/m0/s1. The van der Waals surface area contributed by atoms with E-state index in [9.17, 15) is 9.59 Å². The van der Waals surface area contributed by atoms with Crippen molar-refractivity contribution < 1.29 is 18.7 Å². The number of allylic oxidation sites excluding steroid dienone is 2. The van der Waals surface area contributed by atoms with Crippen LogP contribution in [0.1, 0.15) is 49.7 Å². The minimum Gasteiger partial charge on any atom is -0.464 e. The summed E-state index contributed by atoms with van der Waals surface area (Å²) >= 11 is 7.71. The number of thioether (sulfide) groups is 1. The van der Waals surface area contributed by atoms with Gasteiger partial charge in [-0.2, -0.15) is 11.8 Å². The largest absolute Gasteiger partial charge is 0.464 e. The monoisotopic (exact) mass is 499 g/mol. The normalized spacial score (nSPS) is 22.3. The third-order valence-electron chi connectivity index (χ3n) is 6.40. The third kappa shape index (κ3) is 5.13. The number of carbonyl (C=O) groups excluding carboxylic acids is 2. The summed E-state index contributed by atoms with van der Waals surface area (Å²) in [6.45, 7) is 4.07. The average molecular weight is 500 g/mol. The highest BCUT2D eigenvalue weighted by atomic mass is 35.5. The maximum Gasteiger partial charge on any atom is 0.315 e. The Morgan fingerprint density at radius 3 is 2.62 bits per heavy atom. The van der Waals surface area contributed by atoms with Gasteiger partial charge in [-0.25, -0.2) is 4.39 Å². The number of nitrogens with zero attached hydrogens (tertiary/aromatic N) is 1. The number of ether oxygens (including phenoxy) is 1. The summed E-state index contributed by atoms with van der Waals surface area (Å²) in [6.07, 6.45) is 0.814. The van der Waals surface area contributed by atoms with Crippen molar-refractivity contribution in [3.63, 3.8) is 0 Å². The molecule has 0 aromatic heterocycles. The first-order valence-corrected chi connectivity index (χ1v) is 13.0. The second-order valence-electron chi connectivity index (χ2n) is 8.53. The molecule has 0 saturated heterocycles. The summed E-state index contributed by atoms with van der Waals surface area (Å²) in [5.74, 6) is -1.03. The molecule has 0 amide bonds. The predicted octanol–water partition coefficient (Wildman–Crippen LogP) is 6.35. The van der Waals surface area contributed by atoms with Crippen LogP contribution in [0, 0.1) is 11.7 Å². The zero-order chi connectivity index (χ0) is 24.2. The lowest BCUT2D eigenvalue weighted by atomic mass is 9.69. The van der Waals surface area contributed by atoms with E-state index in [1.807, 2.05) is 31.2 Å². The summed E-state index contributed by atoms with van der Waals surface area (Å²) < 4.78 is 20.6. The van der Waals surface area contributed by atoms with E-state index < -0.39 is 23.6 Å². The molecule has 0 fully saturated rings. The molecule has 1 aliphatic heterocycles. The lowest BCUT2D eigenvalue weighted by molar-refractivity contribution is -0.145. The third-order valence-corrected chi connectivity index (χ3v) is 7.52. The molecule has 4 nitrogen and oxygen atoms in total. The lowest BCUT2D eigenvalue weighted by Gasteiger charge is -2.36. The predicted molar refractivity (Wildman–Crippen MR) is 135 cm³/mol. The maximum absolute atomic E-state index is 15.0. The van der Waals surface area contributed by atoms with Crippen LogP contribution in [0.15, 0.2) is 64.8 Å². The number of benzene rings is 2. The molecule has 0 bridgehead atoms. The van der Waals surface area contributed by atoms with E-state index in [-0.39, 0.29) is 24.7 Å². The smallest absolute Gasteiger partial charge is 0.315 e. The highest BCUT2D eigenvalue weighted by Gasteiger charge is 2.45. The molecule has 0 N–H and O–H groups in total. The Morgan fingerprint density at radius 2 is 1.91 bits per heavy atom. The van der Waals surface area contributed by atoms with E-state index in [0.29, 0.717) is 39.7 Å². The number of halogens is 2. The summed E-state index contributed by atoms with van der Waals surface area (Å²) in [5.41, 5.74) is 2.95. The zero-order valence-electron chi connectivity index (χ0n) is 19.2. The van der Waals surface area contributed by atoms with Crippen LogP contribution in [0.5, 0.6) is 0 Å². The second-order valence-corrected chi connectivity index (χ2v) is 10.4. The van der Waals surface area contributed by atoms with E-state index in [1.165, 1.54) is 6.07 Å². The van der Waals surface area contributed by atoms with Crippen LogP contribution >= 0.6 is 23.4 Å². The van der Waals surface area contributed by atoms with Crippen molar-refractivity contribution in [3.05, 3.63) is 81.8 Å². The van der Waals surface area contributed by atoms with Gasteiger partial charge in [0, 0.05) is 40.1 Å². The van der Waals surface area contributed by atoms with Crippen molar-refractivity contribution >= 4 is 40.8 Å². The Labute approximate surface area is 208 Å². The van der Waals surface area contributed by atoms with Gasteiger partial charge in [-0.1, -0.05) is 48.9 Å². The number of aliphatic imine (C=N–C) groups is 1. The van der Waals surface area contributed by atoms with E-state index >= 15 is 4.39 Å². The summed E-state index contributed by atoms with van der Waals surface area (Å²) in [4.78, 5) is 31.4. The molecule has 2 aromatic rings. The molecule has 1 aliphatic carbocycles. The van der Waals surface area contributed by atoms with Crippen LogP contribution in [0.2, 0.25) is 5.02 Å². The molecule has 1 heterocycles. The minimum absolute atomic E-state index is 0.0455. The number of Topliss-reactive ketones (excluding diaryl/α,β-unsaturated/α-hetero) is 1. The molecule has 4 rings (SSSR count). The van der Waals surface area contributed by atoms with Gasteiger partial charge in [0.25, 0.3) is 0 Å². The molecular weight excluding hydrogens is 473 g/mol. The SMILES string of the molecule is CCSCCOC(=O)C1C(C)=NC2=C(C(=O)C[C@@H](c3ccc(Cl)cc3)C2)[C@H]1c1ccccc1F. The van der Waals surface area contributed by atoms with Crippen LogP contribution < -0.4 is 0 Å². The minimum atomic E-state index is -0.835. The van der Waals surface area contributed by atoms with Crippen LogP contribution in [0.25, 0.3) is 0 Å². The van der Waals surface area contributed by atoms with E-state index in [2.05, 4.69) is 0 Å². The van der Waals surface area contributed by atoms with Crippen molar-refractivity contribution in [3.8, 4) is 0 Å². The van der Waals surface area contributed by atoms with Crippen molar-refractivity contribution in [2.75, 3.05) is 18.1 Å². The summed E-state index contributed by atoms with van der Waals surface area (Å²) in [7, 11) is 0. The Bertz CT molecular complexity index is 1140. The molecule has 34 heavy (non-hydrogen) atoms. The number of hydrogen-bond acceptors (Lipinski definition) is 5. The maximum atomic E-state index is 15.0. The molecule has 1 unspecified atom stereocenters. The number of hydrogen-bond donors (Lipinski definition) is 0. The molecule has 0 spiro atoms. The van der Waals surface area contributed by atoms with Gasteiger partial charge >= 0.3 is 5.97 Å². The van der Waals surface area contributed by atoms with Crippen LogP contribution in [-0.4, -0.2) is 35.6 Å². The average Bonchev–Trinajstić information content (AvgIpc) is 2.81. The number of ketones is 1. The highest BCUT2D eigenvalue weighted by Crippen LogP contribution is 2.47. The van der Waals surface area contributed by atoms with Crippen LogP contribution in [-0.2, 0) is 14.3 Å². The quantitative estimate of drug-likeness (QED) is 0.329. The Morgan fingerprint density at radius 1 is 1.18 bits per heavy atom. The van der Waals surface area contributed by atoms with Gasteiger partial charge in [-0.15, -0.1) is 0 Å². The highest BCUT2D eigenvalue weighted by molar-refractivity contribution is 7.99. The summed E-state index contributed by atoms with van der Waals surface area (Å²) in [5, 5.41) is 0.635. The molecule has 2 aliphatic rings. The first-order valence-electron chi connectivity index (χ1n) is 11.5. The molecule has 2 aromatic carbocycles. The molecule has 0 saturated carbocycles. The number of rotatable bonds is 7. The molecule has 3 atom stereocenters. The Balaban J connectivity index is 1.72. The summed E-state index contributed by atoms with van der Waals surface area (Å²) in [6, 6.07) is 13.8. The topological polar surface area (TPSA) is 55.7 Å². The van der Waals surface area contributed by atoms with E-state index in [0.717, 1.165) is 11.3 Å². The van der Waals surface area contributed by atoms with Gasteiger partial charge in [0.1, 0.15) is 18.3 Å². The number of esters is 1. The molecule has 7 heteroatoms. The van der Waals surface area contributed by atoms with Gasteiger partial charge in [-0.3, -0.25) is 14.6 Å². The van der Waals surface area contributed by atoms with Crippen molar-refractivity contribution in [1.82, 2.24) is 0 Å². The van der Waals surface area contributed by atoms with Gasteiger partial charge in [-0.05, 0) is 54.3 Å². The number of carbonyl (C=O) groups is 2. The first-order chi connectivity index (χ1) is 16.4. The molecule has 0 radical (unpaired) electrons. The van der Waals surface area contributed by atoms with Crippen molar-refractivity contribution in [2.24, 2.45) is 10.9 Å². The Kier molecular flexibility index (Phi) is 7.89. The Hall–Kier alpha value is -2.44. The fourth-order valence-electron chi connectivity index (χ4n) is 4.83. The van der Waals surface area contributed by atoms with E-state index in [4.69, 9.17) is 21.3 Å². The fraction of sp³-hybridized carbons (Fsp3) is 0.370. The zero-order valence-corrected chi connectivity index (χ0v) is 20.8. The molecule has 178 valence electrons. The first kappa shape index (κ1) is 24.7. The van der Waals surface area contributed by atoms with Crippen LogP contribution in [0.3, 0.4) is 0 Å². The van der Waals surface area contributed by atoms with Gasteiger partial charge in [0.05, 0.1) is 0 Å².